The Hall–Kier alpha value is -1.58. The summed E-state index contributed by atoms with van der Waals surface area (Å²) < 4.78 is 39.7. The number of sulfonamides is 1. The second-order valence-corrected chi connectivity index (χ2v) is 6.46. The van der Waals surface area contributed by atoms with E-state index >= 15 is 0 Å². The summed E-state index contributed by atoms with van der Waals surface area (Å²) in [6, 6.07) is 2.10. The van der Waals surface area contributed by atoms with E-state index in [4.69, 9.17) is 5.73 Å². The number of nitro benzene ring substituents is 1. The Morgan fingerprint density at radius 2 is 2.15 bits per heavy atom. The molecule has 1 aliphatic carbocycles. The summed E-state index contributed by atoms with van der Waals surface area (Å²) in [4.78, 5) is 9.05. The molecule has 3 N–H and O–H groups in total. The summed E-state index contributed by atoms with van der Waals surface area (Å²) in [7, 11) is -4.06. The van der Waals surface area contributed by atoms with Crippen LogP contribution in [0.2, 0.25) is 0 Å². The summed E-state index contributed by atoms with van der Waals surface area (Å²) in [5.41, 5.74) is 5.25. The molecular formula is C11H14FN3O4S. The number of hydrogen-bond donors (Lipinski definition) is 2. The lowest BCUT2D eigenvalue weighted by Gasteiger charge is -2.12. The number of nitrogens with one attached hydrogen (secondary N) is 1. The fraction of sp³-hybridized carbons (Fsp3) is 0.455. The van der Waals surface area contributed by atoms with Crippen LogP contribution in [0.1, 0.15) is 12.8 Å². The van der Waals surface area contributed by atoms with E-state index in [1.54, 1.807) is 0 Å². The quantitative estimate of drug-likeness (QED) is 0.594. The summed E-state index contributed by atoms with van der Waals surface area (Å²) in [5.74, 6) is -0.855. The molecule has 0 aromatic heterocycles. The van der Waals surface area contributed by atoms with Gasteiger partial charge in [-0.1, -0.05) is 0 Å². The zero-order chi connectivity index (χ0) is 14.9. The number of nitrogens with zero attached hydrogens (tertiary/aromatic N) is 1. The van der Waals surface area contributed by atoms with Gasteiger partial charge in [-0.15, -0.1) is 0 Å². The SMILES string of the molecule is NC(CNS(=O)(=O)c1ccc([N+](=O)[O-])cc1F)C1CC1. The van der Waals surface area contributed by atoms with E-state index in [-0.39, 0.29) is 12.6 Å². The van der Waals surface area contributed by atoms with Crippen molar-refractivity contribution in [2.24, 2.45) is 11.7 Å². The van der Waals surface area contributed by atoms with E-state index in [0.717, 1.165) is 25.0 Å². The summed E-state index contributed by atoms with van der Waals surface area (Å²) in [6.07, 6.45) is 1.93. The van der Waals surface area contributed by atoms with Crippen molar-refractivity contribution in [3.8, 4) is 0 Å². The molecule has 110 valence electrons. The van der Waals surface area contributed by atoms with Gasteiger partial charge < -0.3 is 5.73 Å². The third-order valence-electron chi connectivity index (χ3n) is 3.15. The molecule has 0 bridgehead atoms. The minimum atomic E-state index is -4.06. The van der Waals surface area contributed by atoms with Crippen LogP contribution < -0.4 is 10.5 Å². The van der Waals surface area contributed by atoms with Crippen LogP contribution in [0.25, 0.3) is 0 Å². The first kappa shape index (κ1) is 14.8. The summed E-state index contributed by atoms with van der Waals surface area (Å²) in [5, 5.41) is 10.5. The zero-order valence-corrected chi connectivity index (χ0v) is 11.3. The maximum atomic E-state index is 13.6. The molecule has 1 unspecified atom stereocenters. The molecule has 1 atom stereocenters. The van der Waals surface area contributed by atoms with E-state index in [9.17, 15) is 22.9 Å². The Balaban J connectivity index is 2.14. The van der Waals surface area contributed by atoms with Gasteiger partial charge >= 0.3 is 0 Å². The molecule has 0 amide bonds. The molecular weight excluding hydrogens is 289 g/mol. The van der Waals surface area contributed by atoms with E-state index < -0.39 is 31.3 Å². The molecule has 0 radical (unpaired) electrons. The van der Waals surface area contributed by atoms with Crippen LogP contribution in [0.4, 0.5) is 10.1 Å². The average Bonchev–Trinajstić information content (AvgIpc) is 3.19. The van der Waals surface area contributed by atoms with E-state index in [1.165, 1.54) is 0 Å². The van der Waals surface area contributed by atoms with Crippen LogP contribution in [0.15, 0.2) is 23.1 Å². The first-order valence-electron chi connectivity index (χ1n) is 6.00. The largest absolute Gasteiger partial charge is 0.326 e. The molecule has 0 spiro atoms. The first-order chi connectivity index (χ1) is 9.31. The summed E-state index contributed by atoms with van der Waals surface area (Å²) in [6.45, 7) is 0.0173. The maximum Gasteiger partial charge on any atom is 0.272 e. The van der Waals surface area contributed by atoms with Gasteiger partial charge in [-0.3, -0.25) is 10.1 Å². The van der Waals surface area contributed by atoms with Gasteiger partial charge in [0.05, 0.1) is 11.0 Å². The zero-order valence-electron chi connectivity index (χ0n) is 10.5. The van der Waals surface area contributed by atoms with Gasteiger partial charge in [-0.05, 0) is 24.8 Å². The first-order valence-corrected chi connectivity index (χ1v) is 7.49. The number of halogens is 1. The van der Waals surface area contributed by atoms with Gasteiger partial charge in [0.15, 0.2) is 0 Å². The van der Waals surface area contributed by atoms with Gasteiger partial charge in [0, 0.05) is 18.7 Å². The van der Waals surface area contributed by atoms with Gasteiger partial charge in [-0.25, -0.2) is 17.5 Å². The van der Waals surface area contributed by atoms with Gasteiger partial charge in [0.1, 0.15) is 10.7 Å². The molecule has 7 nitrogen and oxygen atoms in total. The highest BCUT2D eigenvalue weighted by atomic mass is 32.2. The monoisotopic (exact) mass is 303 g/mol. The predicted molar refractivity (Wildman–Crippen MR) is 68.9 cm³/mol. The molecule has 0 aliphatic heterocycles. The predicted octanol–water partition coefficient (Wildman–Crippen LogP) is 0.750. The van der Waals surface area contributed by atoms with E-state index in [2.05, 4.69) is 4.72 Å². The van der Waals surface area contributed by atoms with Gasteiger partial charge in [0.25, 0.3) is 5.69 Å². The Morgan fingerprint density at radius 1 is 1.50 bits per heavy atom. The molecule has 1 aromatic carbocycles. The molecule has 1 fully saturated rings. The minimum Gasteiger partial charge on any atom is -0.326 e. The third kappa shape index (κ3) is 3.30. The van der Waals surface area contributed by atoms with Crippen molar-refractivity contribution in [1.29, 1.82) is 0 Å². The number of rotatable bonds is 6. The lowest BCUT2D eigenvalue weighted by Crippen LogP contribution is -2.38. The van der Waals surface area contributed by atoms with Crippen LogP contribution in [0.3, 0.4) is 0 Å². The standard InChI is InChI=1S/C11H14FN3O4S/c12-9-5-8(15(16)17)3-4-11(9)20(18,19)14-6-10(13)7-1-2-7/h3-5,7,10,14H,1-2,6,13H2. The molecule has 20 heavy (non-hydrogen) atoms. The molecule has 9 heteroatoms. The number of nitro groups is 1. The highest BCUT2D eigenvalue weighted by Crippen LogP contribution is 2.31. The molecule has 1 aromatic rings. The maximum absolute atomic E-state index is 13.6. The van der Waals surface area contributed by atoms with Crippen LogP contribution in [0.5, 0.6) is 0 Å². The second kappa shape index (κ2) is 5.43. The average molecular weight is 303 g/mol. The Kier molecular flexibility index (Phi) is 4.02. The number of nitrogens with two attached hydrogens (primary N) is 1. The summed E-state index contributed by atoms with van der Waals surface area (Å²) >= 11 is 0. The van der Waals surface area contributed by atoms with E-state index in [1.807, 2.05) is 0 Å². The van der Waals surface area contributed by atoms with Gasteiger partial charge in [-0.2, -0.15) is 0 Å². The molecule has 2 rings (SSSR count). The van der Waals surface area contributed by atoms with Crippen LogP contribution in [0, 0.1) is 21.8 Å². The van der Waals surface area contributed by atoms with Crippen molar-refractivity contribution in [2.45, 2.75) is 23.8 Å². The van der Waals surface area contributed by atoms with Crippen LogP contribution in [-0.2, 0) is 10.0 Å². The van der Waals surface area contributed by atoms with Crippen molar-refractivity contribution in [3.05, 3.63) is 34.1 Å². The van der Waals surface area contributed by atoms with Crippen LogP contribution >= 0.6 is 0 Å². The minimum absolute atomic E-state index is 0.0173. The van der Waals surface area contributed by atoms with Crippen molar-refractivity contribution in [2.75, 3.05) is 6.54 Å². The molecule has 1 aliphatic rings. The van der Waals surface area contributed by atoms with Gasteiger partial charge in [0.2, 0.25) is 10.0 Å². The Bertz CT molecular complexity index is 631. The Morgan fingerprint density at radius 3 is 2.65 bits per heavy atom. The highest BCUT2D eigenvalue weighted by Gasteiger charge is 2.30. The number of benzene rings is 1. The van der Waals surface area contributed by atoms with Crippen molar-refractivity contribution >= 4 is 15.7 Å². The highest BCUT2D eigenvalue weighted by molar-refractivity contribution is 7.89. The normalized spacial score (nSPS) is 16.9. The van der Waals surface area contributed by atoms with Crippen molar-refractivity contribution < 1.29 is 17.7 Å². The second-order valence-electron chi connectivity index (χ2n) is 4.73. The topological polar surface area (TPSA) is 115 Å². The molecule has 1 saturated carbocycles. The smallest absolute Gasteiger partial charge is 0.272 e. The van der Waals surface area contributed by atoms with Crippen molar-refractivity contribution in [1.82, 2.24) is 4.72 Å². The molecule has 0 heterocycles. The lowest BCUT2D eigenvalue weighted by atomic mass is 10.2. The number of hydrogen-bond acceptors (Lipinski definition) is 5. The third-order valence-corrected chi connectivity index (χ3v) is 4.61. The lowest BCUT2D eigenvalue weighted by molar-refractivity contribution is -0.385. The fourth-order valence-corrected chi connectivity index (χ4v) is 2.93. The molecule has 0 saturated heterocycles. The van der Waals surface area contributed by atoms with Crippen molar-refractivity contribution in [3.63, 3.8) is 0 Å². The van der Waals surface area contributed by atoms with Crippen LogP contribution in [-0.4, -0.2) is 25.9 Å². The van der Waals surface area contributed by atoms with E-state index in [0.29, 0.717) is 12.0 Å². The fourth-order valence-electron chi connectivity index (χ4n) is 1.80. The number of non-ortho nitro benzene ring substituents is 1. The Labute approximate surface area is 115 Å².